The van der Waals surface area contributed by atoms with Crippen LogP contribution in [0.25, 0.3) is 22.0 Å². The molecule has 0 bridgehead atoms. The number of piperidine rings is 1. The number of thioether (sulfide) groups is 1. The van der Waals surface area contributed by atoms with E-state index in [0.29, 0.717) is 11.2 Å². The number of oxazole rings is 1. The van der Waals surface area contributed by atoms with E-state index in [9.17, 15) is 0 Å². The van der Waals surface area contributed by atoms with Crippen molar-refractivity contribution in [2.75, 3.05) is 25.4 Å². The highest BCUT2D eigenvalue weighted by Gasteiger charge is 2.60. The SMILES string of the molecule is Cc1nc(C)c(-c2cccc([C@@]34C[C@@H]3CN(CCCSc3nnc(-c5ocnc5C)n3C)C4)c2)s1. The van der Waals surface area contributed by atoms with Gasteiger partial charge in [-0.25, -0.2) is 9.97 Å². The zero-order chi connectivity index (χ0) is 24.2. The summed E-state index contributed by atoms with van der Waals surface area (Å²) in [4.78, 5) is 12.8. The molecule has 1 saturated heterocycles. The Morgan fingerprint density at radius 2 is 2.09 bits per heavy atom. The minimum absolute atomic E-state index is 0.351. The van der Waals surface area contributed by atoms with Gasteiger partial charge in [-0.3, -0.25) is 0 Å². The van der Waals surface area contributed by atoms with Gasteiger partial charge in [-0.15, -0.1) is 21.5 Å². The predicted molar refractivity (Wildman–Crippen MR) is 140 cm³/mol. The van der Waals surface area contributed by atoms with Crippen LogP contribution in [-0.4, -0.2) is 55.0 Å². The maximum Gasteiger partial charge on any atom is 0.202 e. The average Bonchev–Trinajstić information content (AvgIpc) is 3.25. The van der Waals surface area contributed by atoms with E-state index in [1.54, 1.807) is 23.1 Å². The molecular formula is C26H30N6OS2. The molecule has 0 radical (unpaired) electrons. The van der Waals surface area contributed by atoms with Gasteiger partial charge in [-0.05, 0) is 63.3 Å². The van der Waals surface area contributed by atoms with Gasteiger partial charge in [-0.2, -0.15) is 0 Å². The van der Waals surface area contributed by atoms with Gasteiger partial charge in [0.25, 0.3) is 0 Å². The molecule has 2 fully saturated rings. The molecule has 6 rings (SSSR count). The topological polar surface area (TPSA) is 72.9 Å². The number of thiazole rings is 1. The van der Waals surface area contributed by atoms with Crippen molar-refractivity contribution >= 4 is 23.1 Å². The third-order valence-corrected chi connectivity index (χ3v) is 9.68. The van der Waals surface area contributed by atoms with Gasteiger partial charge in [0.05, 0.1) is 21.3 Å². The molecule has 3 aromatic heterocycles. The lowest BCUT2D eigenvalue weighted by Gasteiger charge is -2.21. The molecule has 2 aliphatic rings. The first kappa shape index (κ1) is 22.9. The zero-order valence-corrected chi connectivity index (χ0v) is 22.2. The second-order valence-corrected chi connectivity index (χ2v) is 12.1. The van der Waals surface area contributed by atoms with E-state index < -0.39 is 0 Å². The van der Waals surface area contributed by atoms with Gasteiger partial charge < -0.3 is 13.9 Å². The molecule has 0 N–H and O–H groups in total. The second-order valence-electron chi connectivity index (χ2n) is 9.85. The normalized spacial score (nSPS) is 21.5. The molecule has 1 aromatic carbocycles. The fourth-order valence-corrected chi connectivity index (χ4v) is 7.33. The van der Waals surface area contributed by atoms with Crippen molar-refractivity contribution in [1.29, 1.82) is 0 Å². The van der Waals surface area contributed by atoms with E-state index in [1.807, 2.05) is 18.5 Å². The third kappa shape index (κ3) is 4.13. The van der Waals surface area contributed by atoms with Gasteiger partial charge >= 0.3 is 0 Å². The first-order valence-electron chi connectivity index (χ1n) is 12.1. The molecular weight excluding hydrogens is 476 g/mol. The van der Waals surface area contributed by atoms with Crippen LogP contribution < -0.4 is 0 Å². The van der Waals surface area contributed by atoms with Crippen molar-refractivity contribution in [3.8, 4) is 22.0 Å². The van der Waals surface area contributed by atoms with Crippen molar-refractivity contribution in [2.45, 2.75) is 44.2 Å². The summed E-state index contributed by atoms with van der Waals surface area (Å²) >= 11 is 3.56. The standard InChI is InChI=1S/C26H30N6OS2/c1-16-22(33-15-27-16)24-29-30-25(31(24)4)34-10-6-9-32-13-21-12-26(21,14-32)20-8-5-7-19(11-20)23-17(2)28-18(3)35-23/h5,7-8,11,15,21H,6,9-10,12-14H2,1-4H3/t21-,26+/m1/s1. The maximum atomic E-state index is 5.48. The summed E-state index contributed by atoms with van der Waals surface area (Å²) in [6, 6.07) is 9.25. The molecule has 35 heavy (non-hydrogen) atoms. The van der Waals surface area contributed by atoms with Crippen molar-refractivity contribution in [2.24, 2.45) is 13.0 Å². The first-order valence-corrected chi connectivity index (χ1v) is 13.9. The number of nitrogens with zero attached hydrogens (tertiary/aromatic N) is 6. The average molecular weight is 507 g/mol. The number of aromatic nitrogens is 5. The van der Waals surface area contributed by atoms with Crippen molar-refractivity contribution in [1.82, 2.24) is 29.6 Å². The predicted octanol–water partition coefficient (Wildman–Crippen LogP) is 5.27. The number of hydrogen-bond acceptors (Lipinski definition) is 8. The number of aryl methyl sites for hydroxylation is 3. The molecule has 1 aliphatic heterocycles. The number of rotatable bonds is 8. The molecule has 1 saturated carbocycles. The third-order valence-electron chi connectivity index (χ3n) is 7.45. The summed E-state index contributed by atoms with van der Waals surface area (Å²) in [6.07, 6.45) is 3.92. The summed E-state index contributed by atoms with van der Waals surface area (Å²) in [5.74, 6) is 3.24. The Bertz CT molecular complexity index is 1370. The number of benzene rings is 1. The van der Waals surface area contributed by atoms with Crippen LogP contribution in [0.1, 0.15) is 34.8 Å². The highest BCUT2D eigenvalue weighted by Crippen LogP contribution is 2.59. The lowest BCUT2D eigenvalue weighted by atomic mass is 9.93. The molecule has 182 valence electrons. The molecule has 0 spiro atoms. The molecule has 1 aliphatic carbocycles. The van der Waals surface area contributed by atoms with Crippen LogP contribution in [0, 0.1) is 26.7 Å². The van der Waals surface area contributed by atoms with E-state index in [4.69, 9.17) is 4.42 Å². The largest absolute Gasteiger partial charge is 0.440 e. The number of likely N-dealkylation sites (tertiary alicyclic amines) is 1. The van der Waals surface area contributed by atoms with Crippen LogP contribution in [0.2, 0.25) is 0 Å². The monoisotopic (exact) mass is 506 g/mol. The lowest BCUT2D eigenvalue weighted by molar-refractivity contribution is 0.299. The van der Waals surface area contributed by atoms with Crippen LogP contribution in [0.4, 0.5) is 0 Å². The molecule has 9 heteroatoms. The molecule has 0 unspecified atom stereocenters. The fraction of sp³-hybridized carbons (Fsp3) is 0.462. The van der Waals surface area contributed by atoms with Gasteiger partial charge in [0, 0.05) is 31.3 Å². The van der Waals surface area contributed by atoms with Crippen molar-refractivity contribution < 1.29 is 4.42 Å². The molecule has 4 heterocycles. The first-order chi connectivity index (χ1) is 16.9. The summed E-state index contributed by atoms with van der Waals surface area (Å²) in [5.41, 5.74) is 5.16. The zero-order valence-electron chi connectivity index (χ0n) is 20.6. The Labute approximate surface area is 214 Å². The summed E-state index contributed by atoms with van der Waals surface area (Å²) in [7, 11) is 1.99. The highest BCUT2D eigenvalue weighted by atomic mass is 32.2. The van der Waals surface area contributed by atoms with Crippen LogP contribution in [0.15, 0.2) is 40.2 Å². The minimum atomic E-state index is 0.351. The van der Waals surface area contributed by atoms with Crippen LogP contribution in [0.3, 0.4) is 0 Å². The van der Waals surface area contributed by atoms with E-state index >= 15 is 0 Å². The minimum Gasteiger partial charge on any atom is -0.440 e. The molecule has 7 nitrogen and oxygen atoms in total. The summed E-state index contributed by atoms with van der Waals surface area (Å²) in [5, 5.41) is 10.7. The molecule has 2 atom stereocenters. The number of hydrogen-bond donors (Lipinski definition) is 0. The highest BCUT2D eigenvalue weighted by molar-refractivity contribution is 7.99. The Morgan fingerprint density at radius 1 is 1.20 bits per heavy atom. The number of fused-ring (bicyclic) bond motifs is 1. The fourth-order valence-electron chi connectivity index (χ4n) is 5.58. The van der Waals surface area contributed by atoms with E-state index in [2.05, 4.69) is 63.2 Å². The van der Waals surface area contributed by atoms with E-state index in [0.717, 1.165) is 52.0 Å². The van der Waals surface area contributed by atoms with Gasteiger partial charge in [0.15, 0.2) is 17.3 Å². The Hall–Kier alpha value is -2.49. The van der Waals surface area contributed by atoms with Crippen molar-refractivity contribution in [3.05, 3.63) is 52.6 Å². The second kappa shape index (κ2) is 8.87. The summed E-state index contributed by atoms with van der Waals surface area (Å²) < 4.78 is 7.48. The van der Waals surface area contributed by atoms with Gasteiger partial charge in [-0.1, -0.05) is 30.0 Å². The van der Waals surface area contributed by atoms with Crippen LogP contribution >= 0.6 is 23.1 Å². The van der Waals surface area contributed by atoms with E-state index in [-0.39, 0.29) is 0 Å². The quantitative estimate of drug-likeness (QED) is 0.238. The smallest absolute Gasteiger partial charge is 0.202 e. The molecule has 0 amide bonds. The maximum absolute atomic E-state index is 5.48. The van der Waals surface area contributed by atoms with Crippen LogP contribution in [-0.2, 0) is 12.5 Å². The lowest BCUT2D eigenvalue weighted by Crippen LogP contribution is -2.27. The Kier molecular flexibility index (Phi) is 5.81. The van der Waals surface area contributed by atoms with Gasteiger partial charge in [0.1, 0.15) is 0 Å². The van der Waals surface area contributed by atoms with Crippen LogP contribution in [0.5, 0.6) is 0 Å². The molecule has 4 aromatic rings. The Morgan fingerprint density at radius 3 is 2.86 bits per heavy atom. The van der Waals surface area contributed by atoms with Crippen molar-refractivity contribution in [3.63, 3.8) is 0 Å². The van der Waals surface area contributed by atoms with E-state index in [1.165, 1.54) is 41.9 Å². The summed E-state index contributed by atoms with van der Waals surface area (Å²) in [6.45, 7) is 9.65. The van der Waals surface area contributed by atoms with Gasteiger partial charge in [0.2, 0.25) is 5.82 Å². The Balaban J connectivity index is 1.05.